The van der Waals surface area contributed by atoms with Gasteiger partial charge >= 0.3 is 0 Å². The van der Waals surface area contributed by atoms with Crippen LogP contribution in [0.15, 0.2) is 0 Å². The average Bonchev–Trinajstić information content (AvgIpc) is 2.31. The van der Waals surface area contributed by atoms with E-state index < -0.39 is 0 Å². The molecule has 0 aliphatic rings. The molecule has 17 heavy (non-hydrogen) atoms. The average molecular weight is 245 g/mol. The van der Waals surface area contributed by atoms with E-state index >= 15 is 0 Å². The molecule has 0 saturated heterocycles. The van der Waals surface area contributed by atoms with E-state index in [0.717, 1.165) is 45.8 Å². The summed E-state index contributed by atoms with van der Waals surface area (Å²) in [4.78, 5) is 0. The normalized spacial score (nSPS) is 12.0. The quantitative estimate of drug-likeness (QED) is 0.538. The molecule has 0 radical (unpaired) electrons. The van der Waals surface area contributed by atoms with Crippen LogP contribution in [0, 0.1) is 5.41 Å². The van der Waals surface area contributed by atoms with Crippen molar-refractivity contribution in [3.8, 4) is 0 Å². The molecule has 0 saturated carbocycles. The number of ether oxygens (including phenoxy) is 2. The maximum atomic E-state index is 5.68. The SMILES string of the molecule is CCCCOCCOCCCCC(C)(C)CN. The van der Waals surface area contributed by atoms with Gasteiger partial charge in [0, 0.05) is 13.2 Å². The first kappa shape index (κ1) is 16.9. The van der Waals surface area contributed by atoms with Gasteiger partial charge in [-0.25, -0.2) is 0 Å². The summed E-state index contributed by atoms with van der Waals surface area (Å²) in [5.41, 5.74) is 5.96. The third-order valence-electron chi connectivity index (χ3n) is 2.96. The maximum absolute atomic E-state index is 5.68. The molecular formula is C14H31NO2. The van der Waals surface area contributed by atoms with Gasteiger partial charge in [0.05, 0.1) is 13.2 Å². The van der Waals surface area contributed by atoms with E-state index in [4.69, 9.17) is 15.2 Å². The molecule has 0 aromatic heterocycles. The molecule has 0 unspecified atom stereocenters. The minimum Gasteiger partial charge on any atom is -0.379 e. The molecular weight excluding hydrogens is 214 g/mol. The van der Waals surface area contributed by atoms with Crippen molar-refractivity contribution in [3.63, 3.8) is 0 Å². The molecule has 2 N–H and O–H groups in total. The summed E-state index contributed by atoms with van der Waals surface area (Å²) in [7, 11) is 0. The highest BCUT2D eigenvalue weighted by Gasteiger charge is 2.13. The van der Waals surface area contributed by atoms with Crippen LogP contribution in [-0.4, -0.2) is 33.0 Å². The van der Waals surface area contributed by atoms with Gasteiger partial charge in [0.1, 0.15) is 0 Å². The lowest BCUT2D eigenvalue weighted by atomic mass is 9.87. The molecule has 0 rings (SSSR count). The van der Waals surface area contributed by atoms with Gasteiger partial charge < -0.3 is 15.2 Å². The number of hydrogen-bond donors (Lipinski definition) is 1. The molecule has 0 aromatic rings. The van der Waals surface area contributed by atoms with Crippen molar-refractivity contribution in [2.24, 2.45) is 11.1 Å². The Labute approximate surface area is 107 Å². The van der Waals surface area contributed by atoms with E-state index in [2.05, 4.69) is 20.8 Å². The van der Waals surface area contributed by atoms with Gasteiger partial charge in [-0.15, -0.1) is 0 Å². The zero-order valence-corrected chi connectivity index (χ0v) is 12.0. The molecule has 0 bridgehead atoms. The molecule has 0 fully saturated rings. The Kier molecular flexibility index (Phi) is 10.9. The third-order valence-corrected chi connectivity index (χ3v) is 2.96. The summed E-state index contributed by atoms with van der Waals surface area (Å²) >= 11 is 0. The lowest BCUT2D eigenvalue weighted by Crippen LogP contribution is -2.23. The number of unbranched alkanes of at least 4 members (excludes halogenated alkanes) is 2. The monoisotopic (exact) mass is 245 g/mol. The van der Waals surface area contributed by atoms with Gasteiger partial charge in [0.25, 0.3) is 0 Å². The Morgan fingerprint density at radius 2 is 1.47 bits per heavy atom. The number of nitrogens with two attached hydrogens (primary N) is 1. The van der Waals surface area contributed by atoms with E-state index in [-0.39, 0.29) is 5.41 Å². The number of hydrogen-bond acceptors (Lipinski definition) is 3. The first-order valence-corrected chi connectivity index (χ1v) is 6.98. The molecule has 3 nitrogen and oxygen atoms in total. The van der Waals surface area contributed by atoms with Crippen LogP contribution in [0.2, 0.25) is 0 Å². The molecule has 0 aliphatic heterocycles. The summed E-state index contributed by atoms with van der Waals surface area (Å²) in [5.74, 6) is 0. The minimum atomic E-state index is 0.281. The summed E-state index contributed by atoms with van der Waals surface area (Å²) in [5, 5.41) is 0. The Hall–Kier alpha value is -0.120. The van der Waals surface area contributed by atoms with Crippen molar-refractivity contribution in [1.29, 1.82) is 0 Å². The Morgan fingerprint density at radius 1 is 0.882 bits per heavy atom. The molecule has 0 aliphatic carbocycles. The van der Waals surface area contributed by atoms with Crippen LogP contribution >= 0.6 is 0 Å². The van der Waals surface area contributed by atoms with Gasteiger partial charge in [-0.2, -0.15) is 0 Å². The highest BCUT2D eigenvalue weighted by molar-refractivity contribution is 4.68. The van der Waals surface area contributed by atoms with E-state index in [0.29, 0.717) is 0 Å². The second-order valence-electron chi connectivity index (χ2n) is 5.40. The maximum Gasteiger partial charge on any atom is 0.0700 e. The summed E-state index contributed by atoms with van der Waals surface area (Å²) in [6.07, 6.45) is 5.84. The third kappa shape index (κ3) is 12.1. The van der Waals surface area contributed by atoms with Crippen molar-refractivity contribution in [3.05, 3.63) is 0 Å². The summed E-state index contributed by atoms with van der Waals surface area (Å²) in [6, 6.07) is 0. The van der Waals surface area contributed by atoms with Crippen LogP contribution in [0.25, 0.3) is 0 Å². The predicted molar refractivity (Wildman–Crippen MR) is 73.2 cm³/mol. The standard InChI is InChI=1S/C14H31NO2/c1-4-5-9-16-11-12-17-10-7-6-8-14(2,3)13-15/h4-13,15H2,1-3H3. The molecule has 0 heterocycles. The zero-order chi connectivity index (χ0) is 13.0. The fourth-order valence-corrected chi connectivity index (χ4v) is 1.48. The van der Waals surface area contributed by atoms with Crippen LogP contribution in [0.3, 0.4) is 0 Å². The molecule has 0 aromatic carbocycles. The Morgan fingerprint density at radius 3 is 2.00 bits per heavy atom. The highest BCUT2D eigenvalue weighted by Crippen LogP contribution is 2.20. The van der Waals surface area contributed by atoms with Gasteiger partial charge in [-0.3, -0.25) is 0 Å². The van der Waals surface area contributed by atoms with Crippen LogP contribution < -0.4 is 5.73 Å². The lowest BCUT2D eigenvalue weighted by Gasteiger charge is -2.21. The van der Waals surface area contributed by atoms with Gasteiger partial charge in [-0.1, -0.05) is 33.6 Å². The van der Waals surface area contributed by atoms with Crippen LogP contribution in [0.1, 0.15) is 52.9 Å². The summed E-state index contributed by atoms with van der Waals surface area (Å²) < 4.78 is 10.9. The molecule has 0 atom stereocenters. The fourth-order valence-electron chi connectivity index (χ4n) is 1.48. The van der Waals surface area contributed by atoms with Crippen molar-refractivity contribution in [2.75, 3.05) is 33.0 Å². The second-order valence-corrected chi connectivity index (χ2v) is 5.40. The zero-order valence-electron chi connectivity index (χ0n) is 12.0. The minimum absolute atomic E-state index is 0.281. The van der Waals surface area contributed by atoms with Crippen LogP contribution in [0.4, 0.5) is 0 Å². The Balaban J connectivity index is 3.09. The van der Waals surface area contributed by atoms with Crippen molar-refractivity contribution in [2.45, 2.75) is 52.9 Å². The summed E-state index contributed by atoms with van der Waals surface area (Å²) in [6.45, 7) is 10.5. The fraction of sp³-hybridized carbons (Fsp3) is 1.00. The van der Waals surface area contributed by atoms with Gasteiger partial charge in [0.15, 0.2) is 0 Å². The lowest BCUT2D eigenvalue weighted by molar-refractivity contribution is 0.0447. The van der Waals surface area contributed by atoms with E-state index in [1.165, 1.54) is 19.3 Å². The predicted octanol–water partition coefficient (Wildman–Crippen LogP) is 2.97. The topological polar surface area (TPSA) is 44.5 Å². The number of rotatable bonds is 12. The van der Waals surface area contributed by atoms with Crippen LogP contribution in [0.5, 0.6) is 0 Å². The van der Waals surface area contributed by atoms with E-state index in [1.54, 1.807) is 0 Å². The Bertz CT molecular complexity index is 160. The largest absolute Gasteiger partial charge is 0.379 e. The smallest absolute Gasteiger partial charge is 0.0700 e. The van der Waals surface area contributed by atoms with Crippen molar-refractivity contribution in [1.82, 2.24) is 0 Å². The highest BCUT2D eigenvalue weighted by atomic mass is 16.5. The van der Waals surface area contributed by atoms with Gasteiger partial charge in [0.2, 0.25) is 0 Å². The second kappa shape index (κ2) is 11.0. The molecule has 0 amide bonds. The van der Waals surface area contributed by atoms with Gasteiger partial charge in [-0.05, 0) is 31.2 Å². The van der Waals surface area contributed by atoms with Crippen molar-refractivity contribution >= 4 is 0 Å². The first-order valence-electron chi connectivity index (χ1n) is 6.98. The van der Waals surface area contributed by atoms with Crippen molar-refractivity contribution < 1.29 is 9.47 Å². The van der Waals surface area contributed by atoms with E-state index in [1.807, 2.05) is 0 Å². The van der Waals surface area contributed by atoms with E-state index in [9.17, 15) is 0 Å². The molecule has 104 valence electrons. The molecule has 3 heteroatoms. The molecule has 0 spiro atoms. The van der Waals surface area contributed by atoms with Crippen LogP contribution in [-0.2, 0) is 9.47 Å². The first-order chi connectivity index (χ1) is 8.12.